The van der Waals surface area contributed by atoms with Gasteiger partial charge in [0.1, 0.15) is 6.04 Å². The Morgan fingerprint density at radius 2 is 1.80 bits per heavy atom. The molecular formula is C24H34N4O2. The van der Waals surface area contributed by atoms with Crippen molar-refractivity contribution in [2.75, 3.05) is 13.1 Å². The zero-order valence-electron chi connectivity index (χ0n) is 18.6. The molecule has 0 aliphatic carbocycles. The summed E-state index contributed by atoms with van der Waals surface area (Å²) in [6.45, 7) is 10.5. The maximum absolute atomic E-state index is 13.2. The SMILES string of the molecule is CCCn1nccc1C1CCN(C(=O)[C@H](NC(=O)c2ccc(C)cc2)C(C)C)CC1. The summed E-state index contributed by atoms with van der Waals surface area (Å²) >= 11 is 0. The first kappa shape index (κ1) is 22.1. The molecule has 0 radical (unpaired) electrons. The van der Waals surface area contributed by atoms with Crippen molar-refractivity contribution in [1.29, 1.82) is 0 Å². The Labute approximate surface area is 179 Å². The number of rotatable bonds is 7. The standard InChI is InChI=1S/C24H34N4O2/c1-5-14-28-21(10-13-25-28)19-11-15-27(16-12-19)24(30)22(17(2)3)26-23(29)20-8-6-18(4)7-9-20/h6-10,13,17,19,22H,5,11-12,14-16H2,1-4H3,(H,26,29)/t22-/m1/s1. The van der Waals surface area contributed by atoms with Gasteiger partial charge in [-0.3, -0.25) is 14.3 Å². The molecular weight excluding hydrogens is 376 g/mol. The minimum Gasteiger partial charge on any atom is -0.341 e. The molecule has 1 aromatic heterocycles. The lowest BCUT2D eigenvalue weighted by Crippen LogP contribution is -2.52. The van der Waals surface area contributed by atoms with Crippen LogP contribution in [0.2, 0.25) is 0 Å². The fourth-order valence-electron chi connectivity index (χ4n) is 4.12. The molecule has 0 bridgehead atoms. The van der Waals surface area contributed by atoms with Crippen LogP contribution in [0.4, 0.5) is 0 Å². The van der Waals surface area contributed by atoms with Crippen molar-refractivity contribution in [3.63, 3.8) is 0 Å². The summed E-state index contributed by atoms with van der Waals surface area (Å²) in [5.74, 6) is 0.282. The van der Waals surface area contributed by atoms with Crippen molar-refractivity contribution < 1.29 is 9.59 Å². The summed E-state index contributed by atoms with van der Waals surface area (Å²) < 4.78 is 2.10. The van der Waals surface area contributed by atoms with Crippen LogP contribution in [0.1, 0.15) is 67.6 Å². The monoisotopic (exact) mass is 410 g/mol. The van der Waals surface area contributed by atoms with E-state index in [9.17, 15) is 9.59 Å². The highest BCUT2D eigenvalue weighted by Gasteiger charge is 2.32. The summed E-state index contributed by atoms with van der Waals surface area (Å²) in [7, 11) is 0. The summed E-state index contributed by atoms with van der Waals surface area (Å²) in [6.07, 6.45) is 4.79. The fourth-order valence-corrected chi connectivity index (χ4v) is 4.12. The van der Waals surface area contributed by atoms with Crippen LogP contribution in [0.5, 0.6) is 0 Å². The number of nitrogens with one attached hydrogen (secondary N) is 1. The van der Waals surface area contributed by atoms with Crippen molar-refractivity contribution in [3.8, 4) is 0 Å². The van der Waals surface area contributed by atoms with Gasteiger partial charge in [-0.25, -0.2) is 0 Å². The third-order valence-electron chi connectivity index (χ3n) is 5.94. The normalized spacial score (nSPS) is 16.0. The third-order valence-corrected chi connectivity index (χ3v) is 5.94. The smallest absolute Gasteiger partial charge is 0.251 e. The van der Waals surface area contributed by atoms with E-state index < -0.39 is 6.04 Å². The minimum absolute atomic E-state index is 0.0194. The van der Waals surface area contributed by atoms with Crippen LogP contribution < -0.4 is 5.32 Å². The van der Waals surface area contributed by atoms with Crippen molar-refractivity contribution >= 4 is 11.8 Å². The van der Waals surface area contributed by atoms with Gasteiger partial charge in [0, 0.05) is 43.0 Å². The van der Waals surface area contributed by atoms with Crippen LogP contribution in [-0.4, -0.2) is 45.6 Å². The van der Waals surface area contributed by atoms with Crippen LogP contribution in [0.25, 0.3) is 0 Å². The van der Waals surface area contributed by atoms with Gasteiger partial charge < -0.3 is 10.2 Å². The van der Waals surface area contributed by atoms with Gasteiger partial charge in [-0.1, -0.05) is 38.5 Å². The van der Waals surface area contributed by atoms with E-state index in [1.165, 1.54) is 5.69 Å². The number of benzene rings is 1. The number of likely N-dealkylation sites (tertiary alicyclic amines) is 1. The molecule has 2 heterocycles. The average Bonchev–Trinajstić information content (AvgIpc) is 3.20. The summed E-state index contributed by atoms with van der Waals surface area (Å²) in [4.78, 5) is 27.8. The van der Waals surface area contributed by atoms with E-state index in [0.717, 1.165) is 31.4 Å². The van der Waals surface area contributed by atoms with Crippen LogP contribution in [0, 0.1) is 12.8 Å². The van der Waals surface area contributed by atoms with E-state index in [4.69, 9.17) is 0 Å². The first-order valence-electron chi connectivity index (χ1n) is 11.1. The molecule has 0 spiro atoms. The molecule has 1 saturated heterocycles. The second-order valence-corrected chi connectivity index (χ2v) is 8.64. The number of aromatic nitrogens is 2. The van der Waals surface area contributed by atoms with E-state index in [2.05, 4.69) is 28.1 Å². The molecule has 2 aromatic rings. The average molecular weight is 411 g/mol. The second kappa shape index (κ2) is 9.92. The van der Waals surface area contributed by atoms with Crippen molar-refractivity contribution in [3.05, 3.63) is 53.3 Å². The molecule has 1 aliphatic heterocycles. The van der Waals surface area contributed by atoms with Gasteiger partial charge in [0.05, 0.1) is 0 Å². The predicted octanol–water partition coefficient (Wildman–Crippen LogP) is 3.76. The lowest BCUT2D eigenvalue weighted by Gasteiger charge is -2.35. The van der Waals surface area contributed by atoms with Crippen LogP contribution in [-0.2, 0) is 11.3 Å². The van der Waals surface area contributed by atoms with Crippen LogP contribution >= 0.6 is 0 Å². The second-order valence-electron chi connectivity index (χ2n) is 8.64. The van der Waals surface area contributed by atoms with E-state index in [1.54, 1.807) is 12.1 Å². The summed E-state index contributed by atoms with van der Waals surface area (Å²) in [6, 6.07) is 9.02. The molecule has 1 aromatic carbocycles. The van der Waals surface area contributed by atoms with E-state index in [1.807, 2.05) is 44.0 Å². The zero-order valence-corrected chi connectivity index (χ0v) is 18.6. The Kier molecular flexibility index (Phi) is 7.29. The first-order valence-corrected chi connectivity index (χ1v) is 11.1. The van der Waals surface area contributed by atoms with E-state index in [0.29, 0.717) is 24.6 Å². The Morgan fingerprint density at radius 1 is 1.13 bits per heavy atom. The molecule has 1 atom stereocenters. The largest absolute Gasteiger partial charge is 0.341 e. The zero-order chi connectivity index (χ0) is 21.7. The molecule has 6 nitrogen and oxygen atoms in total. The van der Waals surface area contributed by atoms with Gasteiger partial charge in [-0.05, 0) is 50.3 Å². The molecule has 1 fully saturated rings. The predicted molar refractivity (Wildman–Crippen MR) is 118 cm³/mol. The minimum atomic E-state index is -0.513. The van der Waals surface area contributed by atoms with Gasteiger partial charge in [-0.15, -0.1) is 0 Å². The first-order chi connectivity index (χ1) is 14.4. The maximum Gasteiger partial charge on any atom is 0.251 e. The van der Waals surface area contributed by atoms with Crippen molar-refractivity contribution in [2.45, 2.75) is 65.5 Å². The Bertz CT molecular complexity index is 848. The molecule has 30 heavy (non-hydrogen) atoms. The number of nitrogens with zero attached hydrogens (tertiary/aromatic N) is 3. The van der Waals surface area contributed by atoms with Gasteiger partial charge in [-0.2, -0.15) is 5.10 Å². The number of carbonyl (C=O) groups is 2. The molecule has 2 amide bonds. The summed E-state index contributed by atoms with van der Waals surface area (Å²) in [5, 5.41) is 7.41. The number of hydrogen-bond acceptors (Lipinski definition) is 3. The molecule has 6 heteroatoms. The van der Waals surface area contributed by atoms with Crippen molar-refractivity contribution in [1.82, 2.24) is 20.0 Å². The Hall–Kier alpha value is -2.63. The number of aryl methyl sites for hydroxylation is 2. The molecule has 3 rings (SSSR count). The Balaban J connectivity index is 1.62. The quantitative estimate of drug-likeness (QED) is 0.756. The maximum atomic E-state index is 13.2. The number of piperidine rings is 1. The van der Waals surface area contributed by atoms with Gasteiger partial charge in [0.25, 0.3) is 5.91 Å². The topological polar surface area (TPSA) is 67.2 Å². The number of hydrogen-bond donors (Lipinski definition) is 1. The molecule has 1 N–H and O–H groups in total. The Morgan fingerprint density at radius 3 is 2.40 bits per heavy atom. The van der Waals surface area contributed by atoms with Gasteiger partial charge in [0.15, 0.2) is 0 Å². The highest BCUT2D eigenvalue weighted by atomic mass is 16.2. The lowest BCUT2D eigenvalue weighted by atomic mass is 9.92. The molecule has 0 saturated carbocycles. The van der Waals surface area contributed by atoms with E-state index >= 15 is 0 Å². The highest BCUT2D eigenvalue weighted by molar-refractivity contribution is 5.97. The molecule has 0 unspecified atom stereocenters. The number of carbonyl (C=O) groups excluding carboxylic acids is 2. The molecule has 162 valence electrons. The van der Waals surface area contributed by atoms with Crippen LogP contribution in [0.3, 0.4) is 0 Å². The van der Waals surface area contributed by atoms with Crippen LogP contribution in [0.15, 0.2) is 36.5 Å². The van der Waals surface area contributed by atoms with Gasteiger partial charge in [0.2, 0.25) is 5.91 Å². The van der Waals surface area contributed by atoms with Crippen molar-refractivity contribution in [2.24, 2.45) is 5.92 Å². The van der Waals surface area contributed by atoms with Gasteiger partial charge >= 0.3 is 0 Å². The fraction of sp³-hybridized carbons (Fsp3) is 0.542. The number of amides is 2. The molecule has 1 aliphatic rings. The highest BCUT2D eigenvalue weighted by Crippen LogP contribution is 2.28. The lowest BCUT2D eigenvalue weighted by molar-refractivity contribution is -0.135. The van der Waals surface area contributed by atoms with E-state index in [-0.39, 0.29) is 17.7 Å². The summed E-state index contributed by atoms with van der Waals surface area (Å²) in [5.41, 5.74) is 2.96. The third kappa shape index (κ3) is 5.10.